The van der Waals surface area contributed by atoms with Crippen LogP contribution in [0.4, 0.5) is 0 Å². The third-order valence-corrected chi connectivity index (χ3v) is 4.11. The molecule has 1 fully saturated rings. The van der Waals surface area contributed by atoms with E-state index in [0.29, 0.717) is 11.8 Å². The van der Waals surface area contributed by atoms with Crippen molar-refractivity contribution in [3.8, 4) is 0 Å². The molecule has 0 saturated carbocycles. The molecule has 2 heterocycles. The number of amides is 1. The molecule has 0 N–H and O–H groups in total. The molecule has 16 heavy (non-hydrogen) atoms. The van der Waals surface area contributed by atoms with E-state index in [0.717, 1.165) is 29.3 Å². The average molecular weight is 240 g/mol. The molecule has 1 aliphatic rings. The molecular formula is C11H16N2O2S. The number of aryl methyl sites for hydroxylation is 2. The third-order valence-electron chi connectivity index (χ3n) is 2.96. The van der Waals surface area contributed by atoms with Gasteiger partial charge in [0, 0.05) is 17.9 Å². The predicted molar refractivity (Wildman–Crippen MR) is 63.3 cm³/mol. The fraction of sp³-hybridized carbons (Fsp3) is 0.636. The van der Waals surface area contributed by atoms with Crippen molar-refractivity contribution < 1.29 is 9.32 Å². The lowest BCUT2D eigenvalue weighted by atomic mass is 10.1. The van der Waals surface area contributed by atoms with Gasteiger partial charge in [-0.3, -0.25) is 4.79 Å². The Labute approximate surface area is 99.4 Å². The minimum Gasteiger partial charge on any atom is -0.361 e. The molecule has 0 radical (unpaired) electrons. The first-order valence-corrected chi connectivity index (χ1v) is 6.47. The normalized spacial score (nSPS) is 20.4. The van der Waals surface area contributed by atoms with Crippen molar-refractivity contribution in [3.05, 3.63) is 17.0 Å². The van der Waals surface area contributed by atoms with Crippen LogP contribution >= 0.6 is 11.8 Å². The van der Waals surface area contributed by atoms with Gasteiger partial charge in [-0.2, -0.15) is 0 Å². The van der Waals surface area contributed by atoms with Crippen molar-refractivity contribution in [2.45, 2.75) is 32.6 Å². The Morgan fingerprint density at radius 1 is 1.62 bits per heavy atom. The average Bonchev–Trinajstić information content (AvgIpc) is 2.79. The Bertz CT molecular complexity index is 383. The second-order valence-electron chi connectivity index (χ2n) is 4.04. The number of aromatic nitrogens is 1. The Hall–Kier alpha value is -0.970. The molecule has 1 unspecified atom stereocenters. The number of thioether (sulfide) groups is 1. The molecule has 0 aliphatic carbocycles. The Kier molecular flexibility index (Phi) is 3.23. The van der Waals surface area contributed by atoms with Crippen LogP contribution in [-0.4, -0.2) is 33.6 Å². The maximum atomic E-state index is 12.1. The summed E-state index contributed by atoms with van der Waals surface area (Å²) >= 11 is 1.82. The largest absolute Gasteiger partial charge is 0.361 e. The quantitative estimate of drug-likeness (QED) is 0.790. The summed E-state index contributed by atoms with van der Waals surface area (Å²) in [4.78, 5) is 14.0. The van der Waals surface area contributed by atoms with E-state index in [1.54, 1.807) is 0 Å². The number of rotatable bonds is 2. The zero-order valence-corrected chi connectivity index (χ0v) is 10.6. The molecule has 1 aliphatic heterocycles. The van der Waals surface area contributed by atoms with Crippen molar-refractivity contribution in [1.29, 1.82) is 0 Å². The number of hydrogen-bond donors (Lipinski definition) is 0. The van der Waals surface area contributed by atoms with Gasteiger partial charge in [0.25, 0.3) is 0 Å². The van der Waals surface area contributed by atoms with E-state index in [1.807, 2.05) is 30.5 Å². The van der Waals surface area contributed by atoms with Crippen LogP contribution in [0.5, 0.6) is 0 Å². The van der Waals surface area contributed by atoms with Gasteiger partial charge in [0.1, 0.15) is 5.76 Å². The molecule has 1 atom stereocenters. The van der Waals surface area contributed by atoms with Crippen molar-refractivity contribution in [2.24, 2.45) is 0 Å². The van der Waals surface area contributed by atoms with Gasteiger partial charge < -0.3 is 9.42 Å². The van der Waals surface area contributed by atoms with Gasteiger partial charge in [-0.05, 0) is 20.8 Å². The Balaban J connectivity index is 2.07. The van der Waals surface area contributed by atoms with E-state index in [9.17, 15) is 4.79 Å². The summed E-state index contributed by atoms with van der Waals surface area (Å²) in [6, 6.07) is 0. The topological polar surface area (TPSA) is 46.3 Å². The zero-order valence-electron chi connectivity index (χ0n) is 9.82. The molecule has 1 aromatic heterocycles. The minimum atomic E-state index is 0.173. The lowest BCUT2D eigenvalue weighted by molar-refractivity contribution is -0.130. The van der Waals surface area contributed by atoms with Crippen LogP contribution in [0.1, 0.15) is 23.9 Å². The molecule has 5 heteroatoms. The van der Waals surface area contributed by atoms with Crippen LogP contribution in [0.3, 0.4) is 0 Å². The summed E-state index contributed by atoms with van der Waals surface area (Å²) in [6.07, 6.45) is 0.409. The predicted octanol–water partition coefficient (Wildman–Crippen LogP) is 1.76. The second-order valence-corrected chi connectivity index (χ2v) is 5.46. The summed E-state index contributed by atoms with van der Waals surface area (Å²) in [5.74, 6) is 1.96. The molecular weight excluding hydrogens is 224 g/mol. The van der Waals surface area contributed by atoms with Gasteiger partial charge in [-0.1, -0.05) is 5.16 Å². The van der Waals surface area contributed by atoms with Crippen LogP contribution in [-0.2, 0) is 11.2 Å². The van der Waals surface area contributed by atoms with E-state index in [-0.39, 0.29) is 5.91 Å². The fourth-order valence-electron chi connectivity index (χ4n) is 1.93. The van der Waals surface area contributed by atoms with E-state index in [2.05, 4.69) is 12.1 Å². The van der Waals surface area contributed by atoms with Crippen LogP contribution < -0.4 is 0 Å². The highest BCUT2D eigenvalue weighted by Crippen LogP contribution is 2.24. The van der Waals surface area contributed by atoms with E-state index >= 15 is 0 Å². The van der Waals surface area contributed by atoms with Gasteiger partial charge >= 0.3 is 0 Å². The highest BCUT2D eigenvalue weighted by Gasteiger charge is 2.26. The van der Waals surface area contributed by atoms with Crippen molar-refractivity contribution in [1.82, 2.24) is 10.1 Å². The highest BCUT2D eigenvalue weighted by molar-refractivity contribution is 8.00. The number of nitrogens with zero attached hydrogens (tertiary/aromatic N) is 2. The number of carbonyl (C=O) groups excluding carboxylic acids is 1. The van der Waals surface area contributed by atoms with Crippen molar-refractivity contribution in [2.75, 3.05) is 12.3 Å². The zero-order chi connectivity index (χ0) is 11.7. The molecule has 0 aromatic carbocycles. The summed E-state index contributed by atoms with van der Waals surface area (Å²) in [5, 5.41) is 4.16. The van der Waals surface area contributed by atoms with Crippen LogP contribution in [0, 0.1) is 13.8 Å². The smallest absolute Gasteiger partial charge is 0.228 e. The Morgan fingerprint density at radius 2 is 2.38 bits per heavy atom. The number of carbonyl (C=O) groups is 1. The lowest BCUT2D eigenvalue weighted by Crippen LogP contribution is -2.34. The first kappa shape index (κ1) is 11.5. The molecule has 0 bridgehead atoms. The van der Waals surface area contributed by atoms with Crippen LogP contribution in [0.25, 0.3) is 0 Å². The van der Waals surface area contributed by atoms with Gasteiger partial charge in [0.15, 0.2) is 0 Å². The van der Waals surface area contributed by atoms with Crippen LogP contribution in [0.2, 0.25) is 0 Å². The minimum absolute atomic E-state index is 0.173. The highest BCUT2D eigenvalue weighted by atomic mass is 32.2. The van der Waals surface area contributed by atoms with Gasteiger partial charge in [-0.25, -0.2) is 0 Å². The number of hydrogen-bond acceptors (Lipinski definition) is 4. The molecule has 88 valence electrons. The lowest BCUT2D eigenvalue weighted by Gasteiger charge is -2.20. The summed E-state index contributed by atoms with van der Waals surface area (Å²) in [6.45, 7) is 6.66. The molecule has 4 nitrogen and oxygen atoms in total. The first-order chi connectivity index (χ1) is 7.59. The fourth-order valence-corrected chi connectivity index (χ4v) is 2.97. The van der Waals surface area contributed by atoms with Gasteiger partial charge in [-0.15, -0.1) is 11.8 Å². The third kappa shape index (κ3) is 2.09. The summed E-state index contributed by atoms with van der Waals surface area (Å²) < 4.78 is 5.06. The van der Waals surface area contributed by atoms with Gasteiger partial charge in [0.2, 0.25) is 5.91 Å². The van der Waals surface area contributed by atoms with Gasteiger partial charge in [0.05, 0.1) is 17.5 Å². The Morgan fingerprint density at radius 3 is 2.88 bits per heavy atom. The standard InChI is InChI=1S/C11H16N2O2S/c1-7-10(8(2)15-12-7)6-11(14)13-4-5-16-9(13)3/h9H,4-6H2,1-3H3. The molecule has 1 amide bonds. The van der Waals surface area contributed by atoms with E-state index < -0.39 is 0 Å². The monoisotopic (exact) mass is 240 g/mol. The molecule has 1 saturated heterocycles. The van der Waals surface area contributed by atoms with Crippen molar-refractivity contribution in [3.63, 3.8) is 0 Å². The van der Waals surface area contributed by atoms with Crippen LogP contribution in [0.15, 0.2) is 4.52 Å². The molecule has 0 spiro atoms. The first-order valence-electron chi connectivity index (χ1n) is 5.42. The SMILES string of the molecule is Cc1noc(C)c1CC(=O)N1CCSC1C. The maximum absolute atomic E-state index is 12.1. The second kappa shape index (κ2) is 4.49. The van der Waals surface area contributed by atoms with Crippen molar-refractivity contribution >= 4 is 17.7 Å². The molecule has 1 aromatic rings. The summed E-state index contributed by atoms with van der Waals surface area (Å²) in [5.41, 5.74) is 1.76. The maximum Gasteiger partial charge on any atom is 0.228 e. The van der Waals surface area contributed by atoms with E-state index in [1.165, 1.54) is 0 Å². The summed E-state index contributed by atoms with van der Waals surface area (Å²) in [7, 11) is 0. The molecule has 2 rings (SSSR count). The van der Waals surface area contributed by atoms with E-state index in [4.69, 9.17) is 4.52 Å².